The molecule has 10 heteroatoms. The zero-order chi connectivity index (χ0) is 25.0. The van der Waals surface area contributed by atoms with Gasteiger partial charge in [0.25, 0.3) is 5.91 Å². The van der Waals surface area contributed by atoms with Crippen LogP contribution in [0.3, 0.4) is 0 Å². The Kier molecular flexibility index (Phi) is 7.52. The van der Waals surface area contributed by atoms with Crippen LogP contribution in [0.15, 0.2) is 60.8 Å². The zero-order valence-corrected chi connectivity index (χ0v) is 19.0. The summed E-state index contributed by atoms with van der Waals surface area (Å²) in [6.45, 7) is 3.87. The molecule has 34 heavy (non-hydrogen) atoms. The van der Waals surface area contributed by atoms with E-state index >= 15 is 0 Å². The van der Waals surface area contributed by atoms with Gasteiger partial charge in [0.15, 0.2) is 0 Å². The first kappa shape index (κ1) is 25.1. The summed E-state index contributed by atoms with van der Waals surface area (Å²) in [7, 11) is 1.31. The second kappa shape index (κ2) is 10.2. The predicted octanol–water partition coefficient (Wildman–Crippen LogP) is 4.80. The normalized spacial score (nSPS) is 17.7. The van der Waals surface area contributed by atoms with Gasteiger partial charge >= 0.3 is 6.18 Å². The summed E-state index contributed by atoms with van der Waals surface area (Å²) in [5, 5.41) is 12.2. The minimum absolute atomic E-state index is 0.180. The van der Waals surface area contributed by atoms with E-state index in [2.05, 4.69) is 18.0 Å². The van der Waals surface area contributed by atoms with Crippen LogP contribution in [0.1, 0.15) is 22.3 Å². The smallest absolute Gasteiger partial charge is 0.359 e. The van der Waals surface area contributed by atoms with Gasteiger partial charge in [-0.2, -0.15) is 18.4 Å². The van der Waals surface area contributed by atoms with Crippen LogP contribution in [0.25, 0.3) is 0 Å². The molecule has 1 fully saturated rings. The first-order valence-electron chi connectivity index (χ1n) is 10.3. The molecule has 1 aliphatic rings. The lowest BCUT2D eigenvalue weighted by Gasteiger charge is -2.24. The monoisotopic (exact) mass is 490 g/mol. The highest BCUT2D eigenvalue weighted by Gasteiger charge is 2.38. The Labute approximate surface area is 200 Å². The number of amides is 2. The topological polar surface area (TPSA) is 76.4 Å². The molecule has 6 nitrogen and oxygen atoms in total. The van der Waals surface area contributed by atoms with Crippen LogP contribution >= 0.6 is 11.6 Å². The third-order valence-corrected chi connectivity index (χ3v) is 5.91. The third kappa shape index (κ3) is 5.69. The molecule has 1 N–H and O–H groups in total. The molecular weight excluding hydrogens is 469 g/mol. The number of nitrogens with one attached hydrogen (secondary N) is 1. The van der Waals surface area contributed by atoms with E-state index in [1.165, 1.54) is 18.0 Å². The predicted molar refractivity (Wildman–Crippen MR) is 122 cm³/mol. The van der Waals surface area contributed by atoms with Gasteiger partial charge in [-0.25, -0.2) is 0 Å². The molecule has 1 aliphatic heterocycles. The van der Waals surface area contributed by atoms with Crippen molar-refractivity contribution in [3.63, 3.8) is 0 Å². The van der Waals surface area contributed by atoms with E-state index in [-0.39, 0.29) is 18.0 Å². The van der Waals surface area contributed by atoms with Crippen LogP contribution in [0.2, 0.25) is 5.02 Å². The van der Waals surface area contributed by atoms with Crippen molar-refractivity contribution in [2.75, 3.05) is 25.5 Å². The Morgan fingerprint density at radius 3 is 2.56 bits per heavy atom. The van der Waals surface area contributed by atoms with E-state index < -0.39 is 41.2 Å². The van der Waals surface area contributed by atoms with Gasteiger partial charge in [0.2, 0.25) is 5.91 Å². The van der Waals surface area contributed by atoms with Gasteiger partial charge in [-0.05, 0) is 36.8 Å². The van der Waals surface area contributed by atoms with E-state index in [0.717, 1.165) is 16.7 Å². The molecule has 0 radical (unpaired) electrons. The van der Waals surface area contributed by atoms with Gasteiger partial charge in [0.05, 0.1) is 23.2 Å². The van der Waals surface area contributed by atoms with E-state index in [1.807, 2.05) is 30.3 Å². The largest absolute Gasteiger partial charge is 0.417 e. The number of rotatable bonds is 6. The fourth-order valence-electron chi connectivity index (χ4n) is 3.76. The number of hydrogen-bond acceptors (Lipinski definition) is 4. The van der Waals surface area contributed by atoms with Gasteiger partial charge in [-0.3, -0.25) is 9.59 Å². The number of halogens is 4. The lowest BCUT2D eigenvalue weighted by atomic mass is 10.0. The number of likely N-dealkylation sites (tertiary alicyclic amines) is 1. The average molecular weight is 491 g/mol. The molecule has 1 heterocycles. The lowest BCUT2D eigenvalue weighted by Crippen LogP contribution is -2.43. The van der Waals surface area contributed by atoms with Crippen molar-refractivity contribution >= 4 is 29.1 Å². The van der Waals surface area contributed by atoms with Crippen LogP contribution in [0, 0.1) is 17.2 Å². The van der Waals surface area contributed by atoms with Crippen LogP contribution in [-0.4, -0.2) is 47.8 Å². The number of hydrogen-bond donors (Lipinski definition) is 1. The van der Waals surface area contributed by atoms with E-state index in [4.69, 9.17) is 11.6 Å². The first-order valence-corrected chi connectivity index (χ1v) is 10.7. The number of alkyl halides is 3. The number of carbonyl (C=O) groups excluding carboxylic acids is 2. The third-order valence-electron chi connectivity index (χ3n) is 5.58. The molecule has 1 saturated heterocycles. The molecule has 0 spiro atoms. The fourth-order valence-corrected chi connectivity index (χ4v) is 3.98. The molecule has 0 saturated carbocycles. The quantitative estimate of drug-likeness (QED) is 0.631. The Morgan fingerprint density at radius 2 is 1.94 bits per heavy atom. The van der Waals surface area contributed by atoms with Gasteiger partial charge in [0, 0.05) is 36.5 Å². The molecule has 2 aromatic rings. The summed E-state index contributed by atoms with van der Waals surface area (Å²) >= 11 is 5.61. The van der Waals surface area contributed by atoms with Gasteiger partial charge in [-0.15, -0.1) is 0 Å². The van der Waals surface area contributed by atoms with Crippen molar-refractivity contribution in [1.29, 1.82) is 5.26 Å². The lowest BCUT2D eigenvalue weighted by molar-refractivity contribution is -0.137. The maximum Gasteiger partial charge on any atom is 0.417 e. The molecule has 3 rings (SSSR count). The Morgan fingerprint density at radius 1 is 1.26 bits per heavy atom. The fraction of sp³-hybridized carbons (Fsp3) is 0.292. The highest BCUT2D eigenvalue weighted by Crippen LogP contribution is 2.35. The van der Waals surface area contributed by atoms with E-state index in [0.29, 0.717) is 18.2 Å². The van der Waals surface area contributed by atoms with Crippen molar-refractivity contribution in [1.82, 2.24) is 9.80 Å². The van der Waals surface area contributed by atoms with Gasteiger partial charge < -0.3 is 15.1 Å². The van der Waals surface area contributed by atoms with Crippen LogP contribution in [0.5, 0.6) is 0 Å². The number of anilines is 1. The van der Waals surface area contributed by atoms with Crippen LogP contribution in [0.4, 0.5) is 18.9 Å². The molecule has 178 valence electrons. The van der Waals surface area contributed by atoms with E-state index in [9.17, 15) is 28.0 Å². The average Bonchev–Trinajstić information content (AvgIpc) is 3.23. The summed E-state index contributed by atoms with van der Waals surface area (Å²) in [6.07, 6.45) is -4.34. The molecule has 2 atom stereocenters. The summed E-state index contributed by atoms with van der Waals surface area (Å²) in [6, 6.07) is 13.6. The summed E-state index contributed by atoms with van der Waals surface area (Å²) in [5.74, 6) is -1.43. The van der Waals surface area contributed by atoms with E-state index in [1.54, 1.807) is 0 Å². The SMILES string of the molecule is C=C(Nc1ccccc1)C1CC(C#N)N(C(=O)CN(C)C(=O)c2ccc(Cl)c(C(F)(F)F)c2)C1. The Hall–Kier alpha value is -3.51. The molecule has 0 aromatic heterocycles. The van der Waals surface area contributed by atoms with Crippen molar-refractivity contribution in [3.8, 4) is 6.07 Å². The zero-order valence-electron chi connectivity index (χ0n) is 18.3. The van der Waals surface area contributed by atoms with Crippen molar-refractivity contribution in [3.05, 3.63) is 77.0 Å². The Balaban J connectivity index is 1.66. The summed E-state index contributed by atoms with van der Waals surface area (Å²) < 4.78 is 39.3. The molecule has 2 aromatic carbocycles. The minimum atomic E-state index is -4.72. The standard InChI is InChI=1S/C24H22ClF3N4O2/c1-15(30-18-6-4-3-5-7-18)17-10-19(12-29)32(13-17)22(33)14-31(2)23(34)16-8-9-21(25)20(11-16)24(26,27)28/h3-9,11,17,19,30H,1,10,13-14H2,2H3. The second-order valence-electron chi connectivity index (χ2n) is 7.99. The first-order chi connectivity index (χ1) is 16.0. The number of para-hydroxylation sites is 1. The molecule has 2 amide bonds. The van der Waals surface area contributed by atoms with Crippen molar-refractivity contribution in [2.24, 2.45) is 5.92 Å². The highest BCUT2D eigenvalue weighted by atomic mass is 35.5. The molecular formula is C24H22ClF3N4O2. The number of likely N-dealkylation sites (N-methyl/N-ethyl adjacent to an activating group) is 1. The summed E-state index contributed by atoms with van der Waals surface area (Å²) in [5.41, 5.74) is 0.115. The van der Waals surface area contributed by atoms with Crippen LogP contribution < -0.4 is 5.32 Å². The van der Waals surface area contributed by atoms with Crippen molar-refractivity contribution in [2.45, 2.75) is 18.6 Å². The maximum absolute atomic E-state index is 13.1. The van der Waals surface area contributed by atoms with Gasteiger partial charge in [0.1, 0.15) is 6.04 Å². The second-order valence-corrected chi connectivity index (χ2v) is 8.40. The van der Waals surface area contributed by atoms with Gasteiger partial charge in [-0.1, -0.05) is 36.4 Å². The summed E-state index contributed by atoms with van der Waals surface area (Å²) in [4.78, 5) is 28.0. The Bertz CT molecular complexity index is 1130. The van der Waals surface area contributed by atoms with Crippen LogP contribution in [-0.2, 0) is 11.0 Å². The number of nitriles is 1. The molecule has 0 bridgehead atoms. The van der Waals surface area contributed by atoms with Crippen molar-refractivity contribution < 1.29 is 22.8 Å². The molecule has 2 unspecified atom stereocenters. The number of nitrogens with zero attached hydrogens (tertiary/aromatic N) is 3. The number of carbonyl (C=O) groups is 2. The molecule has 0 aliphatic carbocycles. The maximum atomic E-state index is 13.1. The number of benzene rings is 2. The highest BCUT2D eigenvalue weighted by molar-refractivity contribution is 6.31. The minimum Gasteiger partial charge on any atom is -0.359 e.